The fourth-order valence-corrected chi connectivity index (χ4v) is 1.19. The highest BCUT2D eigenvalue weighted by Gasteiger charge is 2.14. The van der Waals surface area contributed by atoms with Crippen molar-refractivity contribution in [3.8, 4) is 0 Å². The lowest BCUT2D eigenvalue weighted by molar-refractivity contribution is -0.120. The molecule has 1 aromatic carbocycles. The smallest absolute Gasteiger partial charge is 0.250 e. The Hall–Kier alpha value is -1.53. The van der Waals surface area contributed by atoms with Gasteiger partial charge >= 0.3 is 0 Å². The molecule has 0 aliphatic carbocycles. The van der Waals surface area contributed by atoms with Crippen molar-refractivity contribution >= 4 is 11.6 Å². The summed E-state index contributed by atoms with van der Waals surface area (Å²) >= 11 is 0. The summed E-state index contributed by atoms with van der Waals surface area (Å²) in [6.45, 7) is 1.69. The number of hydrogen-bond donors (Lipinski definition) is 2. The van der Waals surface area contributed by atoms with Crippen LogP contribution in [0.4, 0.5) is 14.5 Å². The number of halogens is 2. The first-order valence-corrected chi connectivity index (χ1v) is 5.08. The Balaban J connectivity index is 2.68. The second-order valence-corrected chi connectivity index (χ2v) is 3.44. The fraction of sp³-hybridized carbons (Fsp3) is 0.364. The minimum Gasteiger partial charge on any atom is -0.370 e. The Labute approximate surface area is 97.8 Å². The van der Waals surface area contributed by atoms with Gasteiger partial charge in [-0.1, -0.05) is 6.07 Å². The molecule has 0 saturated carbocycles. The van der Waals surface area contributed by atoms with E-state index in [4.69, 9.17) is 10.5 Å². The molecule has 94 valence electrons. The summed E-state index contributed by atoms with van der Waals surface area (Å²) in [5.74, 6) is -2.22. The Bertz CT molecular complexity index is 411. The highest BCUT2D eigenvalue weighted by atomic mass is 19.1. The molecule has 0 bridgehead atoms. The summed E-state index contributed by atoms with van der Waals surface area (Å²) < 4.78 is 31.6. The van der Waals surface area contributed by atoms with Crippen molar-refractivity contribution in [3.05, 3.63) is 29.3 Å². The molecule has 3 N–H and O–H groups in total. The number of carbonyl (C=O) groups is 1. The topological polar surface area (TPSA) is 64.3 Å². The first-order valence-electron chi connectivity index (χ1n) is 5.08. The first-order chi connectivity index (χ1) is 8.06. The number of nitrogens with one attached hydrogen (secondary N) is 1. The van der Waals surface area contributed by atoms with Gasteiger partial charge in [-0.2, -0.15) is 0 Å². The molecule has 1 aromatic rings. The van der Waals surface area contributed by atoms with E-state index in [1.807, 2.05) is 0 Å². The Morgan fingerprint density at radius 1 is 1.47 bits per heavy atom. The number of nitrogens with two attached hydrogens (primary N) is 1. The van der Waals surface area contributed by atoms with Crippen LogP contribution in [0.1, 0.15) is 5.56 Å². The summed E-state index contributed by atoms with van der Waals surface area (Å²) in [4.78, 5) is 11.3. The van der Waals surface area contributed by atoms with Crippen molar-refractivity contribution in [2.45, 2.75) is 6.92 Å². The highest BCUT2D eigenvalue weighted by molar-refractivity contribution is 5.92. The molecule has 0 heterocycles. The van der Waals surface area contributed by atoms with Gasteiger partial charge in [0.05, 0.1) is 6.61 Å². The maximum atomic E-state index is 13.5. The summed E-state index contributed by atoms with van der Waals surface area (Å²) in [6, 6.07) is 2.39. The fourth-order valence-electron chi connectivity index (χ4n) is 1.19. The zero-order chi connectivity index (χ0) is 12.8. The molecule has 1 rings (SSSR count). The predicted octanol–water partition coefficient (Wildman–Crippen LogP) is 1.19. The largest absolute Gasteiger partial charge is 0.370 e. The summed E-state index contributed by atoms with van der Waals surface area (Å²) in [7, 11) is 0. The van der Waals surface area contributed by atoms with Crippen LogP contribution in [0.25, 0.3) is 0 Å². The highest BCUT2D eigenvalue weighted by Crippen LogP contribution is 2.21. The molecule has 0 aliphatic rings. The number of ether oxygens (including phenoxy) is 1. The van der Waals surface area contributed by atoms with Gasteiger partial charge in [0.15, 0.2) is 5.82 Å². The van der Waals surface area contributed by atoms with Crippen LogP contribution < -0.4 is 11.1 Å². The number of aryl methyl sites for hydroxylation is 1. The van der Waals surface area contributed by atoms with Crippen molar-refractivity contribution < 1.29 is 18.3 Å². The Kier molecular flexibility index (Phi) is 4.99. The number of benzene rings is 1. The third kappa shape index (κ3) is 3.76. The Morgan fingerprint density at radius 3 is 2.82 bits per heavy atom. The lowest BCUT2D eigenvalue weighted by atomic mass is 10.2. The molecule has 17 heavy (non-hydrogen) atoms. The number of rotatable bonds is 5. The van der Waals surface area contributed by atoms with E-state index in [1.165, 1.54) is 13.0 Å². The quantitative estimate of drug-likeness (QED) is 0.765. The molecule has 1 amide bonds. The van der Waals surface area contributed by atoms with E-state index >= 15 is 0 Å². The van der Waals surface area contributed by atoms with Crippen LogP contribution in [0.3, 0.4) is 0 Å². The van der Waals surface area contributed by atoms with Crippen LogP contribution in [0.2, 0.25) is 0 Å². The minimum atomic E-state index is -0.819. The minimum absolute atomic E-state index is 0.214. The monoisotopic (exact) mass is 244 g/mol. The van der Waals surface area contributed by atoms with Crippen molar-refractivity contribution in [2.24, 2.45) is 5.73 Å². The van der Waals surface area contributed by atoms with Crippen LogP contribution in [-0.4, -0.2) is 25.7 Å². The van der Waals surface area contributed by atoms with E-state index in [2.05, 4.69) is 5.32 Å². The molecular weight excluding hydrogens is 230 g/mol. The van der Waals surface area contributed by atoms with Gasteiger partial charge in [0.25, 0.3) is 5.91 Å². The van der Waals surface area contributed by atoms with E-state index in [9.17, 15) is 13.6 Å². The molecule has 0 saturated heterocycles. The van der Waals surface area contributed by atoms with Crippen molar-refractivity contribution in [2.75, 3.05) is 25.1 Å². The van der Waals surface area contributed by atoms with Crippen molar-refractivity contribution in [3.63, 3.8) is 0 Å². The van der Waals surface area contributed by atoms with E-state index in [-0.39, 0.29) is 25.3 Å². The van der Waals surface area contributed by atoms with Crippen molar-refractivity contribution in [1.29, 1.82) is 0 Å². The second kappa shape index (κ2) is 6.27. The van der Waals surface area contributed by atoms with Crippen LogP contribution in [0, 0.1) is 18.6 Å². The molecule has 0 atom stereocenters. The van der Waals surface area contributed by atoms with Crippen LogP contribution >= 0.6 is 0 Å². The number of amides is 1. The predicted molar refractivity (Wildman–Crippen MR) is 59.6 cm³/mol. The van der Waals surface area contributed by atoms with E-state index < -0.39 is 23.2 Å². The zero-order valence-corrected chi connectivity index (χ0v) is 9.43. The number of anilines is 1. The van der Waals surface area contributed by atoms with Gasteiger partial charge in [0, 0.05) is 6.54 Å². The van der Waals surface area contributed by atoms with Gasteiger partial charge in [0.2, 0.25) is 0 Å². The van der Waals surface area contributed by atoms with Crippen LogP contribution in [0.5, 0.6) is 0 Å². The van der Waals surface area contributed by atoms with Gasteiger partial charge in [-0.3, -0.25) is 4.79 Å². The molecule has 6 heteroatoms. The van der Waals surface area contributed by atoms with Gasteiger partial charge in [0.1, 0.15) is 18.1 Å². The standard InChI is InChI=1S/C11H14F2N2O2/c1-7-2-3-8(12)11(10(7)13)15-9(16)6-17-5-4-14/h2-3H,4-6,14H2,1H3,(H,15,16). The van der Waals surface area contributed by atoms with E-state index in [0.29, 0.717) is 0 Å². The first kappa shape index (κ1) is 13.5. The normalized spacial score (nSPS) is 10.4. The van der Waals surface area contributed by atoms with E-state index in [0.717, 1.165) is 6.07 Å². The maximum absolute atomic E-state index is 13.5. The Morgan fingerprint density at radius 2 is 2.18 bits per heavy atom. The lowest BCUT2D eigenvalue weighted by Gasteiger charge is -2.09. The number of carbonyl (C=O) groups excluding carboxylic acids is 1. The molecule has 0 aromatic heterocycles. The zero-order valence-electron chi connectivity index (χ0n) is 9.43. The maximum Gasteiger partial charge on any atom is 0.250 e. The third-order valence-corrected chi connectivity index (χ3v) is 2.04. The molecule has 0 aliphatic heterocycles. The molecule has 0 unspecified atom stereocenters. The average Bonchev–Trinajstić information content (AvgIpc) is 2.30. The van der Waals surface area contributed by atoms with Crippen LogP contribution in [-0.2, 0) is 9.53 Å². The third-order valence-electron chi connectivity index (χ3n) is 2.04. The molecule has 0 radical (unpaired) electrons. The summed E-state index contributed by atoms with van der Waals surface area (Å²) in [5, 5.41) is 2.12. The second-order valence-electron chi connectivity index (χ2n) is 3.44. The van der Waals surface area contributed by atoms with Crippen LogP contribution in [0.15, 0.2) is 12.1 Å². The average molecular weight is 244 g/mol. The van der Waals surface area contributed by atoms with Gasteiger partial charge in [-0.05, 0) is 18.6 Å². The van der Waals surface area contributed by atoms with Gasteiger partial charge < -0.3 is 15.8 Å². The molecule has 0 fully saturated rings. The molecule has 4 nitrogen and oxygen atoms in total. The molecular formula is C11H14F2N2O2. The lowest BCUT2D eigenvalue weighted by Crippen LogP contribution is -2.22. The SMILES string of the molecule is Cc1ccc(F)c(NC(=O)COCCN)c1F. The summed E-state index contributed by atoms with van der Waals surface area (Å²) in [6.07, 6.45) is 0. The van der Waals surface area contributed by atoms with Crippen molar-refractivity contribution in [1.82, 2.24) is 0 Å². The summed E-state index contributed by atoms with van der Waals surface area (Å²) in [5.41, 5.74) is 4.96. The van der Waals surface area contributed by atoms with Gasteiger partial charge in [-0.15, -0.1) is 0 Å². The van der Waals surface area contributed by atoms with E-state index in [1.54, 1.807) is 0 Å². The molecule has 0 spiro atoms. The number of hydrogen-bond acceptors (Lipinski definition) is 3. The van der Waals surface area contributed by atoms with Gasteiger partial charge in [-0.25, -0.2) is 8.78 Å².